The SMILES string of the molecule is O=C(c1cccs1)N(Cc1cnc(S(=O)(=O)Cc2ccc(F)cc2)n1Cc1ccccc1)C1CC1. The second-order valence-electron chi connectivity index (χ2n) is 8.63. The van der Waals surface area contributed by atoms with E-state index in [2.05, 4.69) is 4.98 Å². The van der Waals surface area contributed by atoms with Crippen LogP contribution in [0.15, 0.2) is 83.5 Å². The van der Waals surface area contributed by atoms with Crippen molar-refractivity contribution >= 4 is 27.1 Å². The smallest absolute Gasteiger partial charge is 0.264 e. The summed E-state index contributed by atoms with van der Waals surface area (Å²) in [6.45, 7) is 0.577. The highest BCUT2D eigenvalue weighted by Crippen LogP contribution is 2.31. The Labute approximate surface area is 207 Å². The first-order valence-electron chi connectivity index (χ1n) is 11.3. The van der Waals surface area contributed by atoms with E-state index in [1.165, 1.54) is 35.6 Å². The van der Waals surface area contributed by atoms with Gasteiger partial charge in [-0.1, -0.05) is 48.5 Å². The van der Waals surface area contributed by atoms with Crippen LogP contribution < -0.4 is 0 Å². The number of amides is 1. The van der Waals surface area contributed by atoms with Gasteiger partial charge in [0.2, 0.25) is 15.0 Å². The van der Waals surface area contributed by atoms with Gasteiger partial charge in [-0.3, -0.25) is 4.79 Å². The van der Waals surface area contributed by atoms with E-state index in [9.17, 15) is 17.6 Å². The average Bonchev–Trinajstić information content (AvgIpc) is 3.37. The average molecular weight is 510 g/mol. The maximum Gasteiger partial charge on any atom is 0.264 e. The maximum atomic E-state index is 13.4. The molecule has 1 saturated carbocycles. The number of aromatic nitrogens is 2. The van der Waals surface area contributed by atoms with Crippen molar-refractivity contribution in [3.05, 3.63) is 106 Å². The summed E-state index contributed by atoms with van der Waals surface area (Å²) in [6, 6.07) is 18.8. The number of rotatable bonds is 9. The van der Waals surface area contributed by atoms with E-state index in [1.54, 1.807) is 10.8 Å². The summed E-state index contributed by atoms with van der Waals surface area (Å²) in [7, 11) is -3.83. The molecule has 0 unspecified atom stereocenters. The lowest BCUT2D eigenvalue weighted by molar-refractivity contribution is 0.0730. The van der Waals surface area contributed by atoms with E-state index >= 15 is 0 Å². The van der Waals surface area contributed by atoms with Gasteiger partial charge in [-0.15, -0.1) is 11.3 Å². The summed E-state index contributed by atoms with van der Waals surface area (Å²) in [5.41, 5.74) is 2.06. The van der Waals surface area contributed by atoms with Gasteiger partial charge in [0, 0.05) is 6.04 Å². The van der Waals surface area contributed by atoms with Crippen molar-refractivity contribution in [3.8, 4) is 0 Å². The number of nitrogens with zero attached hydrogens (tertiary/aromatic N) is 3. The Hall–Kier alpha value is -3.30. The Morgan fingerprint density at radius 1 is 1.03 bits per heavy atom. The van der Waals surface area contributed by atoms with Crippen LogP contribution in [-0.2, 0) is 28.7 Å². The fourth-order valence-electron chi connectivity index (χ4n) is 4.04. The van der Waals surface area contributed by atoms with Crippen molar-refractivity contribution in [2.24, 2.45) is 0 Å². The van der Waals surface area contributed by atoms with Gasteiger partial charge >= 0.3 is 0 Å². The van der Waals surface area contributed by atoms with Crippen LogP contribution >= 0.6 is 11.3 Å². The number of hydrogen-bond acceptors (Lipinski definition) is 5. The molecule has 0 spiro atoms. The molecule has 0 atom stereocenters. The predicted octanol–water partition coefficient (Wildman–Crippen LogP) is 4.91. The zero-order valence-corrected chi connectivity index (χ0v) is 20.5. The Balaban J connectivity index is 1.50. The third kappa shape index (κ3) is 5.36. The molecule has 4 aromatic rings. The molecule has 1 aliphatic rings. The number of carbonyl (C=O) groups excluding carboxylic acids is 1. The zero-order valence-electron chi connectivity index (χ0n) is 18.9. The molecule has 1 amide bonds. The summed E-state index contributed by atoms with van der Waals surface area (Å²) >= 11 is 1.40. The second-order valence-corrected chi connectivity index (χ2v) is 11.5. The normalized spacial score (nSPS) is 13.6. The molecule has 180 valence electrons. The molecule has 2 aromatic heterocycles. The van der Waals surface area contributed by atoms with Crippen LogP contribution in [0.1, 0.15) is 39.3 Å². The fourth-order valence-corrected chi connectivity index (χ4v) is 6.21. The van der Waals surface area contributed by atoms with Gasteiger partial charge in [0.1, 0.15) is 5.82 Å². The molecular formula is C26H24FN3O3S2. The Morgan fingerprint density at radius 2 is 1.77 bits per heavy atom. The highest BCUT2D eigenvalue weighted by atomic mass is 32.2. The lowest BCUT2D eigenvalue weighted by atomic mass is 10.2. The van der Waals surface area contributed by atoms with Crippen molar-refractivity contribution in [2.75, 3.05) is 0 Å². The largest absolute Gasteiger partial charge is 0.329 e. The third-order valence-corrected chi connectivity index (χ3v) is 8.40. The van der Waals surface area contributed by atoms with Crippen molar-refractivity contribution in [3.63, 3.8) is 0 Å². The summed E-state index contributed by atoms with van der Waals surface area (Å²) < 4.78 is 41.8. The van der Waals surface area contributed by atoms with Gasteiger partial charge < -0.3 is 9.47 Å². The van der Waals surface area contributed by atoms with Gasteiger partial charge in [-0.25, -0.2) is 17.8 Å². The lowest BCUT2D eigenvalue weighted by Gasteiger charge is -2.23. The Morgan fingerprint density at radius 3 is 2.43 bits per heavy atom. The van der Waals surface area contributed by atoms with Crippen LogP contribution in [0.2, 0.25) is 0 Å². The number of imidazole rings is 1. The molecule has 0 radical (unpaired) electrons. The van der Waals surface area contributed by atoms with Gasteiger partial charge in [0.05, 0.1) is 35.6 Å². The molecule has 1 fully saturated rings. The van der Waals surface area contributed by atoms with E-state index < -0.39 is 15.7 Å². The van der Waals surface area contributed by atoms with Gasteiger partial charge in [0.15, 0.2) is 0 Å². The number of benzene rings is 2. The molecule has 35 heavy (non-hydrogen) atoms. The maximum absolute atomic E-state index is 13.4. The fraction of sp³-hybridized carbons (Fsp3) is 0.231. The monoisotopic (exact) mass is 509 g/mol. The molecule has 0 N–H and O–H groups in total. The number of sulfone groups is 1. The van der Waals surface area contributed by atoms with E-state index in [0.717, 1.165) is 18.4 Å². The van der Waals surface area contributed by atoms with E-state index in [1.807, 2.05) is 52.7 Å². The van der Waals surface area contributed by atoms with Crippen LogP contribution in [0.3, 0.4) is 0 Å². The summed E-state index contributed by atoms with van der Waals surface area (Å²) in [4.78, 5) is 20.0. The molecule has 9 heteroatoms. The molecule has 0 aliphatic heterocycles. The molecular weight excluding hydrogens is 485 g/mol. The quantitative estimate of drug-likeness (QED) is 0.321. The predicted molar refractivity (Wildman–Crippen MR) is 132 cm³/mol. The zero-order chi connectivity index (χ0) is 24.4. The van der Waals surface area contributed by atoms with Crippen molar-refractivity contribution in [2.45, 2.75) is 42.9 Å². The van der Waals surface area contributed by atoms with E-state index in [-0.39, 0.29) is 29.4 Å². The molecule has 0 bridgehead atoms. The first kappa shape index (κ1) is 23.4. The third-order valence-electron chi connectivity index (χ3n) is 5.95. The van der Waals surface area contributed by atoms with Crippen molar-refractivity contribution in [1.29, 1.82) is 0 Å². The van der Waals surface area contributed by atoms with Crippen LogP contribution in [0.5, 0.6) is 0 Å². The van der Waals surface area contributed by atoms with E-state index in [0.29, 0.717) is 22.7 Å². The molecule has 2 aromatic carbocycles. The number of carbonyl (C=O) groups is 1. The minimum atomic E-state index is -3.83. The van der Waals surface area contributed by atoms with Crippen molar-refractivity contribution in [1.82, 2.24) is 14.5 Å². The molecule has 5 rings (SSSR count). The molecule has 1 aliphatic carbocycles. The first-order chi connectivity index (χ1) is 16.9. The number of halogens is 1. The van der Waals surface area contributed by atoms with Crippen molar-refractivity contribution < 1.29 is 17.6 Å². The summed E-state index contributed by atoms with van der Waals surface area (Å²) in [5.74, 6) is -0.765. The Bertz CT molecular complexity index is 1410. The number of hydrogen-bond donors (Lipinski definition) is 0. The molecule has 6 nitrogen and oxygen atoms in total. The standard InChI is InChI=1S/C26H24FN3O3S2/c27-21-10-8-20(9-11-21)18-35(32,33)26-28-15-23(30(26)16-19-5-2-1-3-6-19)17-29(22-12-13-22)25(31)24-7-4-14-34-24/h1-11,14-15,22H,12-13,16-18H2. The van der Waals surface area contributed by atoms with Crippen LogP contribution in [0, 0.1) is 5.82 Å². The van der Waals surface area contributed by atoms with Gasteiger partial charge in [0.25, 0.3) is 5.91 Å². The second kappa shape index (κ2) is 9.75. The van der Waals surface area contributed by atoms with Crippen LogP contribution in [0.25, 0.3) is 0 Å². The summed E-state index contributed by atoms with van der Waals surface area (Å²) in [5, 5.41) is 1.82. The first-order valence-corrected chi connectivity index (χ1v) is 13.8. The van der Waals surface area contributed by atoms with Crippen LogP contribution in [-0.4, -0.2) is 34.8 Å². The van der Waals surface area contributed by atoms with E-state index in [4.69, 9.17) is 0 Å². The lowest BCUT2D eigenvalue weighted by Crippen LogP contribution is -2.33. The number of thiophene rings is 1. The Kier molecular flexibility index (Phi) is 6.53. The minimum Gasteiger partial charge on any atom is -0.329 e. The summed E-state index contributed by atoms with van der Waals surface area (Å²) in [6.07, 6.45) is 3.41. The topological polar surface area (TPSA) is 72.3 Å². The molecule has 0 saturated heterocycles. The van der Waals surface area contributed by atoms with Gasteiger partial charge in [-0.2, -0.15) is 0 Å². The van der Waals surface area contributed by atoms with Gasteiger partial charge in [-0.05, 0) is 47.5 Å². The molecule has 2 heterocycles. The highest BCUT2D eigenvalue weighted by Gasteiger charge is 2.35. The minimum absolute atomic E-state index is 0.0503. The highest BCUT2D eigenvalue weighted by molar-refractivity contribution is 7.90. The van der Waals surface area contributed by atoms with Crippen LogP contribution in [0.4, 0.5) is 4.39 Å².